The van der Waals surface area contributed by atoms with E-state index in [0.717, 1.165) is 11.1 Å². The number of hydrogen-bond acceptors (Lipinski definition) is 9. The molecule has 2 aromatic carbocycles. The molecule has 0 saturated carbocycles. The molecule has 0 bridgehead atoms. The standard InChI is InChI=1S/C22H20N4O4S/c1-3-30-16-7-5-4-6-14(16)20-19(28)18-21(31-20)22(24-12-23-18)26-25-11-13-8-9-15(27)17(10-13)29-2/h4-12,27-28H,3H2,1-2H3,(H,23,24,26)/b25-11+. The lowest BCUT2D eigenvalue weighted by atomic mass is 10.1. The molecule has 2 aromatic heterocycles. The van der Waals surface area contributed by atoms with Gasteiger partial charge in [0.2, 0.25) is 0 Å². The Labute approximate surface area is 182 Å². The third-order valence-corrected chi connectivity index (χ3v) is 5.67. The molecular formula is C22H20N4O4S. The smallest absolute Gasteiger partial charge is 0.167 e. The summed E-state index contributed by atoms with van der Waals surface area (Å²) in [4.78, 5) is 9.14. The van der Waals surface area contributed by atoms with Crippen LogP contribution in [0, 0.1) is 0 Å². The normalized spacial score (nSPS) is 11.2. The van der Waals surface area contributed by atoms with Crippen molar-refractivity contribution in [2.24, 2.45) is 5.10 Å². The van der Waals surface area contributed by atoms with Crippen LogP contribution in [0.25, 0.3) is 20.7 Å². The van der Waals surface area contributed by atoms with Gasteiger partial charge in [0.05, 0.1) is 24.8 Å². The lowest BCUT2D eigenvalue weighted by Gasteiger charge is -2.08. The van der Waals surface area contributed by atoms with Crippen molar-refractivity contribution in [3.63, 3.8) is 0 Å². The second-order valence-electron chi connectivity index (χ2n) is 6.41. The van der Waals surface area contributed by atoms with Gasteiger partial charge in [0.25, 0.3) is 0 Å². The Bertz CT molecular complexity index is 1260. The lowest BCUT2D eigenvalue weighted by molar-refractivity contribution is 0.341. The number of aromatic nitrogens is 2. The molecule has 0 aliphatic rings. The van der Waals surface area contributed by atoms with Crippen LogP contribution in [0.1, 0.15) is 12.5 Å². The fourth-order valence-electron chi connectivity index (χ4n) is 3.04. The molecule has 0 amide bonds. The monoisotopic (exact) mass is 436 g/mol. The van der Waals surface area contributed by atoms with Crippen molar-refractivity contribution < 1.29 is 19.7 Å². The van der Waals surface area contributed by atoms with E-state index in [2.05, 4.69) is 20.5 Å². The fourth-order valence-corrected chi connectivity index (χ4v) is 4.15. The highest BCUT2D eigenvalue weighted by Crippen LogP contribution is 2.47. The lowest BCUT2D eigenvalue weighted by Crippen LogP contribution is -1.94. The predicted octanol–water partition coefficient (Wildman–Crippen LogP) is 4.62. The number of ether oxygens (including phenoxy) is 2. The number of phenolic OH excluding ortho intramolecular Hbond substituents is 1. The van der Waals surface area contributed by atoms with Crippen LogP contribution in [0.4, 0.5) is 5.82 Å². The highest BCUT2D eigenvalue weighted by molar-refractivity contribution is 7.23. The molecule has 3 N–H and O–H groups in total. The van der Waals surface area contributed by atoms with Gasteiger partial charge in [-0.05, 0) is 42.8 Å². The summed E-state index contributed by atoms with van der Waals surface area (Å²) in [7, 11) is 1.48. The van der Waals surface area contributed by atoms with E-state index in [0.29, 0.717) is 39.0 Å². The Balaban J connectivity index is 1.67. The summed E-state index contributed by atoms with van der Waals surface area (Å²) in [6, 6.07) is 12.4. The van der Waals surface area contributed by atoms with Crippen LogP contribution in [0.2, 0.25) is 0 Å². The number of benzene rings is 2. The minimum absolute atomic E-state index is 0.0547. The van der Waals surface area contributed by atoms with Crippen molar-refractivity contribution >= 4 is 33.6 Å². The largest absolute Gasteiger partial charge is 0.504 e. The van der Waals surface area contributed by atoms with Gasteiger partial charge in [0.15, 0.2) is 23.1 Å². The number of aromatic hydroxyl groups is 2. The van der Waals surface area contributed by atoms with Gasteiger partial charge in [0, 0.05) is 5.56 Å². The van der Waals surface area contributed by atoms with Crippen molar-refractivity contribution in [1.29, 1.82) is 0 Å². The van der Waals surface area contributed by atoms with E-state index in [1.165, 1.54) is 30.8 Å². The first-order valence-electron chi connectivity index (χ1n) is 9.47. The van der Waals surface area contributed by atoms with Crippen molar-refractivity contribution in [3.05, 3.63) is 54.4 Å². The minimum Gasteiger partial charge on any atom is -0.504 e. The minimum atomic E-state index is 0.0547. The molecule has 0 fully saturated rings. The Morgan fingerprint density at radius 2 is 1.97 bits per heavy atom. The zero-order chi connectivity index (χ0) is 21.8. The van der Waals surface area contributed by atoms with Crippen molar-refractivity contribution in [2.45, 2.75) is 6.92 Å². The molecule has 0 atom stereocenters. The van der Waals surface area contributed by atoms with Crippen LogP contribution >= 0.6 is 11.3 Å². The van der Waals surface area contributed by atoms with Gasteiger partial charge in [0.1, 0.15) is 22.3 Å². The molecule has 4 aromatic rings. The number of para-hydroxylation sites is 1. The number of thiophene rings is 1. The third-order valence-electron chi connectivity index (χ3n) is 4.47. The number of anilines is 1. The summed E-state index contributed by atoms with van der Waals surface area (Å²) in [6.45, 7) is 2.43. The average Bonchev–Trinajstić information content (AvgIpc) is 3.13. The predicted molar refractivity (Wildman–Crippen MR) is 122 cm³/mol. The number of hydrogen-bond donors (Lipinski definition) is 3. The molecule has 158 valence electrons. The first-order valence-corrected chi connectivity index (χ1v) is 10.3. The number of nitrogens with one attached hydrogen (secondary N) is 1. The van der Waals surface area contributed by atoms with Gasteiger partial charge in [-0.1, -0.05) is 12.1 Å². The van der Waals surface area contributed by atoms with E-state index in [4.69, 9.17) is 9.47 Å². The number of nitrogens with zero attached hydrogens (tertiary/aromatic N) is 3. The van der Waals surface area contributed by atoms with Gasteiger partial charge in [-0.3, -0.25) is 5.43 Å². The second-order valence-corrected chi connectivity index (χ2v) is 7.43. The Morgan fingerprint density at radius 3 is 2.77 bits per heavy atom. The van der Waals surface area contributed by atoms with Gasteiger partial charge in [-0.25, -0.2) is 9.97 Å². The number of fused-ring (bicyclic) bond motifs is 1. The van der Waals surface area contributed by atoms with Crippen LogP contribution in [0.3, 0.4) is 0 Å². The Morgan fingerprint density at radius 1 is 1.13 bits per heavy atom. The van der Waals surface area contributed by atoms with Crippen LogP contribution in [-0.2, 0) is 0 Å². The van der Waals surface area contributed by atoms with E-state index >= 15 is 0 Å². The number of phenols is 1. The molecule has 4 rings (SSSR count). The summed E-state index contributed by atoms with van der Waals surface area (Å²) in [6.07, 6.45) is 2.95. The van der Waals surface area contributed by atoms with Crippen molar-refractivity contribution in [2.75, 3.05) is 19.1 Å². The molecular weight excluding hydrogens is 416 g/mol. The van der Waals surface area contributed by atoms with Gasteiger partial charge >= 0.3 is 0 Å². The van der Waals surface area contributed by atoms with E-state index in [1.54, 1.807) is 18.3 Å². The second kappa shape index (κ2) is 8.88. The maximum absolute atomic E-state index is 10.8. The molecule has 0 unspecified atom stereocenters. The first-order chi connectivity index (χ1) is 15.1. The topological polar surface area (TPSA) is 109 Å². The summed E-state index contributed by atoms with van der Waals surface area (Å²) < 4.78 is 11.5. The number of hydrazone groups is 1. The van der Waals surface area contributed by atoms with Crippen molar-refractivity contribution in [3.8, 4) is 33.4 Å². The molecule has 31 heavy (non-hydrogen) atoms. The van der Waals surface area contributed by atoms with E-state index < -0.39 is 0 Å². The summed E-state index contributed by atoms with van der Waals surface area (Å²) >= 11 is 1.35. The first kappa shape index (κ1) is 20.4. The SMILES string of the molecule is CCOc1ccccc1-c1sc2c(N/N=C/c3ccc(O)c(OC)c3)ncnc2c1O. The van der Waals surface area contributed by atoms with E-state index in [-0.39, 0.29) is 11.5 Å². The maximum Gasteiger partial charge on any atom is 0.167 e. The molecule has 0 spiro atoms. The third kappa shape index (κ3) is 4.08. The summed E-state index contributed by atoms with van der Waals surface area (Å²) in [5.74, 6) is 1.64. The number of rotatable bonds is 7. The highest BCUT2D eigenvalue weighted by atomic mass is 32.1. The van der Waals surface area contributed by atoms with Gasteiger partial charge < -0.3 is 19.7 Å². The zero-order valence-electron chi connectivity index (χ0n) is 16.9. The van der Waals surface area contributed by atoms with Gasteiger partial charge in [-0.15, -0.1) is 11.3 Å². The average molecular weight is 436 g/mol. The Hall–Kier alpha value is -3.85. The highest BCUT2D eigenvalue weighted by Gasteiger charge is 2.19. The Kier molecular flexibility index (Phi) is 5.85. The molecule has 0 aliphatic heterocycles. The molecule has 2 heterocycles. The van der Waals surface area contributed by atoms with E-state index in [9.17, 15) is 10.2 Å². The quantitative estimate of drug-likeness (QED) is 0.286. The number of methoxy groups -OCH3 is 1. The van der Waals surface area contributed by atoms with Crippen molar-refractivity contribution in [1.82, 2.24) is 9.97 Å². The molecule has 9 heteroatoms. The maximum atomic E-state index is 10.8. The van der Waals surface area contributed by atoms with E-state index in [1.807, 2.05) is 31.2 Å². The summed E-state index contributed by atoms with van der Waals surface area (Å²) in [5, 5.41) is 24.7. The molecule has 0 aliphatic carbocycles. The zero-order valence-corrected chi connectivity index (χ0v) is 17.7. The van der Waals surface area contributed by atoms with Crippen LogP contribution < -0.4 is 14.9 Å². The molecule has 8 nitrogen and oxygen atoms in total. The molecule has 0 radical (unpaired) electrons. The van der Waals surface area contributed by atoms with Crippen LogP contribution in [0.15, 0.2) is 53.9 Å². The van der Waals surface area contributed by atoms with Crippen LogP contribution in [-0.4, -0.2) is 40.1 Å². The summed E-state index contributed by atoms with van der Waals surface area (Å²) in [5.41, 5.74) is 4.86. The fraction of sp³-hybridized carbons (Fsp3) is 0.136. The molecule has 0 saturated heterocycles. The van der Waals surface area contributed by atoms with Gasteiger partial charge in [-0.2, -0.15) is 5.10 Å². The van der Waals surface area contributed by atoms with Crippen LogP contribution in [0.5, 0.6) is 23.0 Å².